The lowest BCUT2D eigenvalue weighted by Gasteiger charge is -2.14. The minimum atomic E-state index is 0.288. The van der Waals surface area contributed by atoms with Gasteiger partial charge in [-0.2, -0.15) is 0 Å². The van der Waals surface area contributed by atoms with Crippen LogP contribution in [0.25, 0.3) is 5.57 Å². The van der Waals surface area contributed by atoms with Crippen LogP contribution in [-0.2, 0) is 0 Å². The highest BCUT2D eigenvalue weighted by atomic mass is 14.3. The molecule has 0 aliphatic heterocycles. The molecule has 0 fully saturated rings. The average molecular weight is 310 g/mol. The smallest absolute Gasteiger partial charge is 0.0284 e. The van der Waals surface area contributed by atoms with Crippen LogP contribution in [0.2, 0.25) is 0 Å². The van der Waals surface area contributed by atoms with Crippen molar-refractivity contribution in [1.29, 1.82) is 0 Å². The molecule has 1 aliphatic rings. The second-order valence-electron chi connectivity index (χ2n) is 5.81. The van der Waals surface area contributed by atoms with Crippen molar-refractivity contribution in [1.82, 2.24) is 0 Å². The standard InChI is InChI=1S/C24H22/c1-3-5-12-19(4-2)22-17-23(20-13-8-6-9-14-20)24(18-22)21-15-10-7-11-16-21/h3-18,23H,1H2,2H3/b12-5-,19-4+. The first-order valence-corrected chi connectivity index (χ1v) is 8.33. The normalized spacial score (nSPS) is 17.7. The lowest BCUT2D eigenvalue weighted by Crippen LogP contribution is -1.96. The van der Waals surface area contributed by atoms with Crippen LogP contribution in [0.15, 0.2) is 115 Å². The summed E-state index contributed by atoms with van der Waals surface area (Å²) >= 11 is 0. The predicted molar refractivity (Wildman–Crippen MR) is 105 cm³/mol. The molecule has 0 spiro atoms. The van der Waals surface area contributed by atoms with E-state index in [9.17, 15) is 0 Å². The van der Waals surface area contributed by atoms with E-state index in [4.69, 9.17) is 0 Å². The van der Waals surface area contributed by atoms with Crippen molar-refractivity contribution in [2.24, 2.45) is 0 Å². The summed E-state index contributed by atoms with van der Waals surface area (Å²) in [5, 5.41) is 0. The molecule has 0 radical (unpaired) electrons. The Labute approximate surface area is 144 Å². The zero-order valence-corrected chi connectivity index (χ0v) is 14.0. The van der Waals surface area contributed by atoms with Crippen LogP contribution < -0.4 is 0 Å². The number of hydrogen-bond acceptors (Lipinski definition) is 0. The van der Waals surface area contributed by atoms with Gasteiger partial charge < -0.3 is 0 Å². The van der Waals surface area contributed by atoms with Gasteiger partial charge in [-0.25, -0.2) is 0 Å². The van der Waals surface area contributed by atoms with Crippen molar-refractivity contribution in [3.05, 3.63) is 126 Å². The summed E-state index contributed by atoms with van der Waals surface area (Å²) in [6.45, 7) is 5.85. The molecule has 24 heavy (non-hydrogen) atoms. The monoisotopic (exact) mass is 310 g/mol. The minimum Gasteiger partial charge on any atom is -0.0991 e. The van der Waals surface area contributed by atoms with Gasteiger partial charge in [0.05, 0.1) is 0 Å². The highest BCUT2D eigenvalue weighted by Crippen LogP contribution is 2.41. The minimum absolute atomic E-state index is 0.288. The van der Waals surface area contributed by atoms with Crippen molar-refractivity contribution in [2.75, 3.05) is 0 Å². The molecule has 3 rings (SSSR count). The molecule has 2 aromatic rings. The van der Waals surface area contributed by atoms with Gasteiger partial charge in [-0.3, -0.25) is 0 Å². The summed E-state index contributed by atoms with van der Waals surface area (Å²) in [4.78, 5) is 0. The van der Waals surface area contributed by atoms with Crippen LogP contribution in [0.5, 0.6) is 0 Å². The maximum atomic E-state index is 3.77. The first-order valence-electron chi connectivity index (χ1n) is 8.33. The third-order valence-corrected chi connectivity index (χ3v) is 4.31. The van der Waals surface area contributed by atoms with Crippen LogP contribution >= 0.6 is 0 Å². The molecule has 0 nitrogen and oxygen atoms in total. The van der Waals surface area contributed by atoms with Crippen LogP contribution in [0.4, 0.5) is 0 Å². The fraction of sp³-hybridized carbons (Fsp3) is 0.0833. The molecule has 1 aliphatic carbocycles. The van der Waals surface area contributed by atoms with Gasteiger partial charge in [0.25, 0.3) is 0 Å². The highest BCUT2D eigenvalue weighted by molar-refractivity contribution is 5.81. The Bertz CT molecular complexity index is 815. The van der Waals surface area contributed by atoms with E-state index in [0.717, 1.165) is 0 Å². The van der Waals surface area contributed by atoms with Gasteiger partial charge in [0.2, 0.25) is 0 Å². The molecule has 0 aromatic heterocycles. The molecule has 0 amide bonds. The molecule has 1 atom stereocenters. The van der Waals surface area contributed by atoms with E-state index in [2.05, 4.69) is 98.5 Å². The fourth-order valence-corrected chi connectivity index (χ4v) is 3.11. The van der Waals surface area contributed by atoms with Gasteiger partial charge in [-0.15, -0.1) is 0 Å². The van der Waals surface area contributed by atoms with E-state index in [1.54, 1.807) is 0 Å². The van der Waals surface area contributed by atoms with Crippen molar-refractivity contribution in [2.45, 2.75) is 12.8 Å². The number of benzene rings is 2. The molecular formula is C24H22. The Kier molecular flexibility index (Phi) is 5.08. The fourth-order valence-electron chi connectivity index (χ4n) is 3.11. The molecule has 0 heteroatoms. The maximum absolute atomic E-state index is 3.77. The Morgan fingerprint density at radius 3 is 2.25 bits per heavy atom. The van der Waals surface area contributed by atoms with Crippen LogP contribution in [-0.4, -0.2) is 0 Å². The first-order chi connectivity index (χ1) is 11.8. The zero-order chi connectivity index (χ0) is 16.8. The van der Waals surface area contributed by atoms with Crippen LogP contribution in [0.1, 0.15) is 24.0 Å². The average Bonchev–Trinajstić information content (AvgIpc) is 3.09. The van der Waals surface area contributed by atoms with E-state index in [1.165, 1.54) is 27.8 Å². The Hall–Kier alpha value is -2.86. The van der Waals surface area contributed by atoms with Crippen LogP contribution in [0.3, 0.4) is 0 Å². The van der Waals surface area contributed by atoms with E-state index < -0.39 is 0 Å². The first kappa shape index (κ1) is 16.0. The molecule has 0 saturated carbocycles. The molecule has 1 unspecified atom stereocenters. The quantitative estimate of drug-likeness (QED) is 0.554. The lowest BCUT2D eigenvalue weighted by molar-refractivity contribution is 1.12. The van der Waals surface area contributed by atoms with E-state index in [0.29, 0.717) is 0 Å². The number of hydrogen-bond donors (Lipinski definition) is 0. The largest absolute Gasteiger partial charge is 0.0991 e. The highest BCUT2D eigenvalue weighted by Gasteiger charge is 2.22. The van der Waals surface area contributed by atoms with Crippen LogP contribution in [0, 0.1) is 0 Å². The van der Waals surface area contributed by atoms with Crippen molar-refractivity contribution < 1.29 is 0 Å². The lowest BCUT2D eigenvalue weighted by atomic mass is 9.89. The number of rotatable bonds is 5. The maximum Gasteiger partial charge on any atom is 0.0284 e. The Morgan fingerprint density at radius 1 is 0.958 bits per heavy atom. The molecule has 0 bridgehead atoms. The third-order valence-electron chi connectivity index (χ3n) is 4.31. The summed E-state index contributed by atoms with van der Waals surface area (Å²) in [6, 6.07) is 21.3. The summed E-state index contributed by atoms with van der Waals surface area (Å²) in [5.41, 5.74) is 6.44. The third kappa shape index (κ3) is 3.38. The van der Waals surface area contributed by atoms with Crippen molar-refractivity contribution in [3.8, 4) is 0 Å². The molecule has 0 N–H and O–H groups in total. The molecular weight excluding hydrogens is 288 g/mol. The molecule has 2 aromatic carbocycles. The molecule has 0 heterocycles. The summed E-state index contributed by atoms with van der Waals surface area (Å²) in [7, 11) is 0. The molecule has 0 saturated heterocycles. The second-order valence-corrected chi connectivity index (χ2v) is 5.81. The predicted octanol–water partition coefficient (Wildman–Crippen LogP) is 6.48. The van der Waals surface area contributed by atoms with Gasteiger partial charge in [0, 0.05) is 5.92 Å². The summed E-state index contributed by atoms with van der Waals surface area (Å²) < 4.78 is 0. The van der Waals surface area contributed by atoms with Gasteiger partial charge in [0.1, 0.15) is 0 Å². The van der Waals surface area contributed by atoms with Gasteiger partial charge in [-0.1, -0.05) is 97.6 Å². The summed E-state index contributed by atoms with van der Waals surface area (Å²) in [5.74, 6) is 0.288. The summed E-state index contributed by atoms with van der Waals surface area (Å²) in [6.07, 6.45) is 12.7. The van der Waals surface area contributed by atoms with Gasteiger partial charge in [0.15, 0.2) is 0 Å². The van der Waals surface area contributed by atoms with Gasteiger partial charge in [-0.05, 0) is 40.8 Å². The Morgan fingerprint density at radius 2 is 1.62 bits per heavy atom. The van der Waals surface area contributed by atoms with Crippen molar-refractivity contribution >= 4 is 5.57 Å². The number of allylic oxidation sites excluding steroid dienone is 9. The van der Waals surface area contributed by atoms with E-state index in [1.807, 2.05) is 12.2 Å². The Balaban J connectivity index is 2.06. The zero-order valence-electron chi connectivity index (χ0n) is 14.0. The molecule has 118 valence electrons. The SMILES string of the molecule is C=C/C=C\C(=C/C)C1=CC(c2ccccc2)C(c2ccccc2)=C1. The topological polar surface area (TPSA) is 0 Å². The second kappa shape index (κ2) is 7.61. The van der Waals surface area contributed by atoms with E-state index >= 15 is 0 Å². The van der Waals surface area contributed by atoms with E-state index in [-0.39, 0.29) is 5.92 Å². The van der Waals surface area contributed by atoms with Crippen molar-refractivity contribution in [3.63, 3.8) is 0 Å². The van der Waals surface area contributed by atoms with Gasteiger partial charge >= 0.3 is 0 Å².